The molecule has 0 radical (unpaired) electrons. The van der Waals surface area contributed by atoms with Crippen molar-refractivity contribution in [3.63, 3.8) is 0 Å². The van der Waals surface area contributed by atoms with E-state index in [0.717, 1.165) is 58.3 Å². The fourth-order valence-electron chi connectivity index (χ4n) is 3.17. The second-order valence-electron chi connectivity index (χ2n) is 6.86. The molecular formula is C21H26F2N2O3S. The van der Waals surface area contributed by atoms with Crippen molar-refractivity contribution in [1.82, 2.24) is 5.32 Å². The summed E-state index contributed by atoms with van der Waals surface area (Å²) in [6.07, 6.45) is 2.58. The van der Waals surface area contributed by atoms with Crippen LogP contribution in [0.3, 0.4) is 0 Å². The minimum absolute atomic E-state index is 0.115. The van der Waals surface area contributed by atoms with Crippen LogP contribution < -0.4 is 9.62 Å². The molecule has 2 rings (SSSR count). The van der Waals surface area contributed by atoms with E-state index in [4.69, 9.17) is 0 Å². The number of carbonyl (C=O) groups is 1. The van der Waals surface area contributed by atoms with Crippen LogP contribution in [0.4, 0.5) is 14.5 Å². The number of aryl methyl sites for hydroxylation is 2. The molecule has 0 heterocycles. The van der Waals surface area contributed by atoms with Gasteiger partial charge in [-0.05, 0) is 48.6 Å². The predicted molar refractivity (Wildman–Crippen MR) is 110 cm³/mol. The molecule has 0 aliphatic rings. The van der Waals surface area contributed by atoms with Gasteiger partial charge in [-0.1, -0.05) is 32.0 Å². The SMILES string of the molecule is CCc1ccc(CC)c(CNC(=O)[C@@H](C)N(c2ccc(F)c(F)c2)S(C)(=O)=O)c1. The van der Waals surface area contributed by atoms with Crippen molar-refractivity contribution in [1.29, 1.82) is 0 Å². The molecule has 0 fully saturated rings. The lowest BCUT2D eigenvalue weighted by atomic mass is 10.0. The van der Waals surface area contributed by atoms with Crippen molar-refractivity contribution in [2.24, 2.45) is 0 Å². The Morgan fingerprint density at radius 1 is 1.03 bits per heavy atom. The molecule has 0 saturated carbocycles. The molecule has 2 aromatic carbocycles. The summed E-state index contributed by atoms with van der Waals surface area (Å²) in [4.78, 5) is 12.7. The maximum absolute atomic E-state index is 13.6. The van der Waals surface area contributed by atoms with Crippen molar-refractivity contribution >= 4 is 21.6 Å². The third-order valence-corrected chi connectivity index (χ3v) is 6.00. The molecule has 1 N–H and O–H groups in total. The van der Waals surface area contributed by atoms with Crippen LogP contribution in [0.2, 0.25) is 0 Å². The third-order valence-electron chi connectivity index (χ3n) is 4.76. The lowest BCUT2D eigenvalue weighted by molar-refractivity contribution is -0.122. The lowest BCUT2D eigenvalue weighted by Crippen LogP contribution is -2.47. The van der Waals surface area contributed by atoms with Crippen LogP contribution in [0.25, 0.3) is 0 Å². The van der Waals surface area contributed by atoms with Crippen molar-refractivity contribution in [2.45, 2.75) is 46.2 Å². The zero-order valence-electron chi connectivity index (χ0n) is 17.0. The maximum Gasteiger partial charge on any atom is 0.243 e. The molecule has 5 nitrogen and oxygen atoms in total. The monoisotopic (exact) mass is 424 g/mol. The molecule has 1 amide bonds. The Hall–Kier alpha value is -2.48. The first-order chi connectivity index (χ1) is 13.6. The summed E-state index contributed by atoms with van der Waals surface area (Å²) >= 11 is 0. The molecule has 0 aliphatic carbocycles. The number of halogens is 2. The molecule has 0 saturated heterocycles. The Morgan fingerprint density at radius 2 is 1.72 bits per heavy atom. The Balaban J connectivity index is 2.25. The number of carbonyl (C=O) groups excluding carboxylic acids is 1. The normalized spacial score (nSPS) is 12.5. The second-order valence-corrected chi connectivity index (χ2v) is 8.72. The maximum atomic E-state index is 13.6. The quantitative estimate of drug-likeness (QED) is 0.705. The highest BCUT2D eigenvalue weighted by Crippen LogP contribution is 2.23. The third kappa shape index (κ3) is 5.53. The van der Waals surface area contributed by atoms with Gasteiger partial charge in [-0.3, -0.25) is 9.10 Å². The van der Waals surface area contributed by atoms with Gasteiger partial charge in [-0.15, -0.1) is 0 Å². The first kappa shape index (κ1) is 22.8. The van der Waals surface area contributed by atoms with Crippen LogP contribution >= 0.6 is 0 Å². The summed E-state index contributed by atoms with van der Waals surface area (Å²) in [5.74, 6) is -2.82. The summed E-state index contributed by atoms with van der Waals surface area (Å²) in [6.45, 7) is 5.71. The Kier molecular flexibility index (Phi) is 7.35. The zero-order valence-corrected chi connectivity index (χ0v) is 17.8. The Morgan fingerprint density at radius 3 is 2.28 bits per heavy atom. The van der Waals surface area contributed by atoms with Gasteiger partial charge in [-0.25, -0.2) is 17.2 Å². The van der Waals surface area contributed by atoms with Gasteiger partial charge in [0, 0.05) is 12.6 Å². The summed E-state index contributed by atoms with van der Waals surface area (Å²) in [5.41, 5.74) is 3.08. The summed E-state index contributed by atoms with van der Waals surface area (Å²) in [7, 11) is -3.91. The Labute approximate surface area is 170 Å². The number of nitrogens with one attached hydrogen (secondary N) is 1. The van der Waals surface area contributed by atoms with E-state index in [9.17, 15) is 22.0 Å². The van der Waals surface area contributed by atoms with E-state index in [-0.39, 0.29) is 12.2 Å². The van der Waals surface area contributed by atoms with Gasteiger partial charge in [0.1, 0.15) is 6.04 Å². The highest BCUT2D eigenvalue weighted by atomic mass is 32.2. The van der Waals surface area contributed by atoms with Gasteiger partial charge in [0.25, 0.3) is 0 Å². The van der Waals surface area contributed by atoms with Gasteiger partial charge in [0.2, 0.25) is 15.9 Å². The molecule has 1 atom stereocenters. The number of hydrogen-bond acceptors (Lipinski definition) is 3. The molecule has 0 aliphatic heterocycles. The van der Waals surface area contributed by atoms with Gasteiger partial charge in [0.05, 0.1) is 11.9 Å². The van der Waals surface area contributed by atoms with E-state index in [1.165, 1.54) is 6.92 Å². The molecule has 29 heavy (non-hydrogen) atoms. The highest BCUT2D eigenvalue weighted by molar-refractivity contribution is 7.92. The van der Waals surface area contributed by atoms with Gasteiger partial charge in [0.15, 0.2) is 11.6 Å². The van der Waals surface area contributed by atoms with E-state index in [1.54, 1.807) is 0 Å². The van der Waals surface area contributed by atoms with Crippen molar-refractivity contribution in [3.8, 4) is 0 Å². The molecule has 0 bridgehead atoms. The molecular weight excluding hydrogens is 398 g/mol. The minimum Gasteiger partial charge on any atom is -0.350 e. The standard InChI is InChI=1S/C21H26F2N2O3S/c1-5-15-7-8-16(6-2)17(11-15)13-24-21(26)14(3)25(29(4,27)28)18-9-10-19(22)20(23)12-18/h7-12,14H,5-6,13H2,1-4H3,(H,24,26)/t14-/m1/s1. The van der Waals surface area contributed by atoms with Crippen LogP contribution in [0, 0.1) is 11.6 Å². The summed E-state index contributed by atoms with van der Waals surface area (Å²) in [5, 5.41) is 2.76. The summed E-state index contributed by atoms with van der Waals surface area (Å²) in [6, 6.07) is 7.66. The topological polar surface area (TPSA) is 66.5 Å². The van der Waals surface area contributed by atoms with Crippen LogP contribution in [0.1, 0.15) is 37.5 Å². The van der Waals surface area contributed by atoms with Crippen LogP contribution in [-0.4, -0.2) is 26.6 Å². The molecule has 2 aromatic rings. The largest absolute Gasteiger partial charge is 0.350 e. The zero-order chi connectivity index (χ0) is 21.8. The number of nitrogens with zero attached hydrogens (tertiary/aromatic N) is 1. The second kappa shape index (κ2) is 9.35. The highest BCUT2D eigenvalue weighted by Gasteiger charge is 2.29. The van der Waals surface area contributed by atoms with E-state index >= 15 is 0 Å². The van der Waals surface area contributed by atoms with Crippen molar-refractivity contribution in [2.75, 3.05) is 10.6 Å². The van der Waals surface area contributed by atoms with Crippen LogP contribution in [0.5, 0.6) is 0 Å². The molecule has 0 unspecified atom stereocenters. The van der Waals surface area contributed by atoms with E-state index < -0.39 is 33.6 Å². The first-order valence-electron chi connectivity index (χ1n) is 9.41. The van der Waals surface area contributed by atoms with Crippen molar-refractivity contribution < 1.29 is 22.0 Å². The van der Waals surface area contributed by atoms with Crippen molar-refractivity contribution in [3.05, 3.63) is 64.7 Å². The number of anilines is 1. The smallest absolute Gasteiger partial charge is 0.243 e. The first-order valence-corrected chi connectivity index (χ1v) is 11.3. The average molecular weight is 425 g/mol. The van der Waals surface area contributed by atoms with E-state index in [1.807, 2.05) is 32.0 Å². The number of hydrogen-bond donors (Lipinski definition) is 1. The molecule has 8 heteroatoms. The van der Waals surface area contributed by atoms with Gasteiger partial charge >= 0.3 is 0 Å². The molecule has 0 aromatic heterocycles. The predicted octanol–water partition coefficient (Wildman–Crippen LogP) is 3.56. The fraction of sp³-hybridized carbons (Fsp3) is 0.381. The van der Waals surface area contributed by atoms with Gasteiger partial charge < -0.3 is 5.32 Å². The molecule has 158 valence electrons. The number of amides is 1. The van der Waals surface area contributed by atoms with Crippen LogP contribution in [-0.2, 0) is 34.2 Å². The summed E-state index contributed by atoms with van der Waals surface area (Å²) < 4.78 is 52.2. The molecule has 0 spiro atoms. The average Bonchev–Trinajstić information content (AvgIpc) is 2.67. The van der Waals surface area contributed by atoms with E-state index in [2.05, 4.69) is 5.32 Å². The fourth-order valence-corrected chi connectivity index (χ4v) is 4.34. The minimum atomic E-state index is -3.91. The Bertz CT molecular complexity index is 993. The van der Waals surface area contributed by atoms with E-state index in [0.29, 0.717) is 0 Å². The number of rotatable bonds is 8. The lowest BCUT2D eigenvalue weighted by Gasteiger charge is -2.28. The van der Waals surface area contributed by atoms with Gasteiger partial charge in [-0.2, -0.15) is 0 Å². The number of benzene rings is 2. The number of sulfonamides is 1. The van der Waals surface area contributed by atoms with Crippen LogP contribution in [0.15, 0.2) is 36.4 Å².